The third-order valence-electron chi connectivity index (χ3n) is 8.49. The lowest BCUT2D eigenvalue weighted by Crippen LogP contribution is -2.32. The highest BCUT2D eigenvalue weighted by molar-refractivity contribution is 7.99. The van der Waals surface area contributed by atoms with E-state index in [4.69, 9.17) is 14.7 Å². The predicted octanol–water partition coefficient (Wildman–Crippen LogP) is 6.28. The van der Waals surface area contributed by atoms with Crippen LogP contribution in [0.1, 0.15) is 79.6 Å². The molecule has 3 atom stereocenters. The number of thioether (sulfide) groups is 1. The summed E-state index contributed by atoms with van der Waals surface area (Å²) < 4.78 is 13.8. The molecule has 258 valence electrons. The second-order valence-corrected chi connectivity index (χ2v) is 13.1. The fourth-order valence-electron chi connectivity index (χ4n) is 5.76. The fraction of sp³-hybridized carbons (Fsp3) is 0.342. The van der Waals surface area contributed by atoms with Crippen LogP contribution in [-0.2, 0) is 32.2 Å². The second-order valence-electron chi connectivity index (χ2n) is 12.0. The van der Waals surface area contributed by atoms with E-state index in [2.05, 4.69) is 5.32 Å². The summed E-state index contributed by atoms with van der Waals surface area (Å²) in [5.41, 5.74) is 7.36. The van der Waals surface area contributed by atoms with Crippen molar-refractivity contribution in [3.63, 3.8) is 0 Å². The SMILES string of the molecule is O=C(CCCCCCC(=O)NCc1ccccc1-c1ccc([C@@H]2O[C@H](CSc3cccc[n+]3[O-])C[C@H](c3ccc(CO)cc3)O2)cc1)NO. The van der Waals surface area contributed by atoms with Crippen molar-refractivity contribution in [3.05, 3.63) is 125 Å². The van der Waals surface area contributed by atoms with Gasteiger partial charge in [0.2, 0.25) is 11.8 Å². The van der Waals surface area contributed by atoms with Gasteiger partial charge in [0.05, 0.1) is 18.8 Å². The molecule has 1 saturated heterocycles. The van der Waals surface area contributed by atoms with Crippen molar-refractivity contribution in [2.75, 3.05) is 5.75 Å². The summed E-state index contributed by atoms with van der Waals surface area (Å²) in [6.45, 7) is 0.380. The number of hydroxylamine groups is 1. The van der Waals surface area contributed by atoms with Crippen molar-refractivity contribution in [1.29, 1.82) is 0 Å². The minimum Gasteiger partial charge on any atom is -0.618 e. The van der Waals surface area contributed by atoms with Gasteiger partial charge in [0.15, 0.2) is 12.5 Å². The number of nitrogens with zero attached hydrogens (tertiary/aromatic N) is 1. The number of ether oxygens (including phenoxy) is 2. The molecular weight excluding hydrogens is 642 g/mol. The standard InChI is InChI=1S/C38H43N3O7S/c42-25-27-14-16-29(17-15-27)34-23-32(26-49-37-13-7-8-22-41(37)46)47-38(48-34)30-20-18-28(19-21-30)33-10-6-5-9-31(33)24-39-35(43)11-3-1-2-4-12-36(44)40-45/h5-10,13-22,32,34,38,42,45H,1-4,11-12,23-26H2,(H,39,43)(H,40,44)/t32-,34+,38+/m0/s1. The number of carbonyl (C=O) groups excluding carboxylic acids is 2. The summed E-state index contributed by atoms with van der Waals surface area (Å²) in [6, 6.07) is 29.2. The molecule has 0 unspecified atom stereocenters. The number of unbranched alkanes of at least 4 members (excludes halogenated alkanes) is 3. The highest BCUT2D eigenvalue weighted by Gasteiger charge is 2.32. The van der Waals surface area contributed by atoms with Gasteiger partial charge in [-0.3, -0.25) is 14.8 Å². The highest BCUT2D eigenvalue weighted by Crippen LogP contribution is 2.40. The summed E-state index contributed by atoms with van der Waals surface area (Å²) in [4.78, 5) is 23.6. The number of aromatic nitrogens is 1. The number of aliphatic hydroxyl groups excluding tert-OH is 1. The first-order valence-electron chi connectivity index (χ1n) is 16.6. The predicted molar refractivity (Wildman–Crippen MR) is 186 cm³/mol. The fourth-order valence-corrected chi connectivity index (χ4v) is 6.70. The monoisotopic (exact) mass is 685 g/mol. The van der Waals surface area contributed by atoms with E-state index in [1.807, 2.05) is 78.9 Å². The minimum absolute atomic E-state index is 0.0181. The van der Waals surface area contributed by atoms with Crippen LogP contribution in [-0.4, -0.2) is 34.0 Å². The number of hydrogen-bond donors (Lipinski definition) is 4. The van der Waals surface area contributed by atoms with Crippen LogP contribution >= 0.6 is 11.8 Å². The number of carbonyl (C=O) groups is 2. The number of benzene rings is 3. The lowest BCUT2D eigenvalue weighted by Gasteiger charge is -2.36. The molecule has 0 radical (unpaired) electrons. The van der Waals surface area contributed by atoms with E-state index in [9.17, 15) is 19.9 Å². The van der Waals surface area contributed by atoms with E-state index in [1.54, 1.807) is 17.6 Å². The van der Waals surface area contributed by atoms with Gasteiger partial charge in [-0.25, -0.2) is 5.48 Å². The van der Waals surface area contributed by atoms with Crippen molar-refractivity contribution >= 4 is 23.6 Å². The van der Waals surface area contributed by atoms with Gasteiger partial charge < -0.3 is 25.1 Å². The average Bonchev–Trinajstić information content (AvgIpc) is 3.15. The molecule has 1 aliphatic rings. The van der Waals surface area contributed by atoms with Gasteiger partial charge in [-0.15, -0.1) is 0 Å². The summed E-state index contributed by atoms with van der Waals surface area (Å²) in [7, 11) is 0. The van der Waals surface area contributed by atoms with E-state index in [1.165, 1.54) is 18.0 Å². The van der Waals surface area contributed by atoms with Crippen LogP contribution in [0.5, 0.6) is 0 Å². The molecule has 11 heteroatoms. The van der Waals surface area contributed by atoms with Gasteiger partial charge in [0.1, 0.15) is 0 Å². The van der Waals surface area contributed by atoms with Crippen molar-refractivity contribution in [1.82, 2.24) is 10.8 Å². The number of amides is 2. The largest absolute Gasteiger partial charge is 0.618 e. The Morgan fingerprint density at radius 3 is 2.24 bits per heavy atom. The minimum atomic E-state index is -0.618. The first-order valence-corrected chi connectivity index (χ1v) is 17.6. The zero-order valence-electron chi connectivity index (χ0n) is 27.3. The third kappa shape index (κ3) is 10.6. The molecule has 0 saturated carbocycles. The maximum Gasteiger partial charge on any atom is 0.251 e. The zero-order chi connectivity index (χ0) is 34.4. The van der Waals surface area contributed by atoms with Crippen LogP contribution in [0.25, 0.3) is 11.1 Å². The number of hydrogen-bond acceptors (Lipinski definition) is 8. The summed E-state index contributed by atoms with van der Waals surface area (Å²) >= 11 is 1.46. The molecule has 5 rings (SSSR count). The summed E-state index contributed by atoms with van der Waals surface area (Å²) in [5, 5.41) is 34.0. The van der Waals surface area contributed by atoms with Crippen LogP contribution in [0, 0.1) is 5.21 Å². The van der Waals surface area contributed by atoms with Crippen molar-refractivity contribution in [2.45, 2.75) is 81.6 Å². The Morgan fingerprint density at radius 2 is 1.53 bits per heavy atom. The first kappa shape index (κ1) is 36.0. The Hall–Kier alpha value is -4.26. The maximum atomic E-state index is 12.5. The zero-order valence-corrected chi connectivity index (χ0v) is 28.1. The van der Waals surface area contributed by atoms with Gasteiger partial charge in [-0.2, -0.15) is 4.73 Å². The Kier molecular flexibility index (Phi) is 13.6. The molecule has 3 aromatic carbocycles. The van der Waals surface area contributed by atoms with E-state index >= 15 is 0 Å². The van der Waals surface area contributed by atoms with Gasteiger partial charge in [-0.1, -0.05) is 97.4 Å². The van der Waals surface area contributed by atoms with E-state index in [-0.39, 0.29) is 37.0 Å². The smallest absolute Gasteiger partial charge is 0.251 e. The molecule has 0 spiro atoms. The lowest BCUT2D eigenvalue weighted by molar-refractivity contribution is -0.645. The Bertz CT molecular complexity index is 1650. The molecule has 4 aromatic rings. The van der Waals surface area contributed by atoms with Gasteiger partial charge in [-0.05, 0) is 46.7 Å². The van der Waals surface area contributed by atoms with Crippen LogP contribution < -0.4 is 15.5 Å². The van der Waals surface area contributed by atoms with Gasteiger partial charge >= 0.3 is 0 Å². The lowest BCUT2D eigenvalue weighted by atomic mass is 9.97. The molecule has 1 aromatic heterocycles. The molecular formula is C38H43N3O7S. The molecule has 2 amide bonds. The van der Waals surface area contributed by atoms with Crippen molar-refractivity contribution in [2.24, 2.45) is 0 Å². The van der Waals surface area contributed by atoms with E-state index < -0.39 is 6.29 Å². The molecule has 0 aliphatic carbocycles. The van der Waals surface area contributed by atoms with Crippen molar-refractivity contribution < 1.29 is 34.1 Å². The van der Waals surface area contributed by atoms with Gasteiger partial charge in [0.25, 0.3) is 5.03 Å². The van der Waals surface area contributed by atoms with Crippen LogP contribution in [0.15, 0.2) is 102 Å². The van der Waals surface area contributed by atoms with E-state index in [0.717, 1.165) is 57.4 Å². The average molecular weight is 686 g/mol. The number of rotatable bonds is 16. The quantitative estimate of drug-likeness (QED) is 0.0270. The van der Waals surface area contributed by atoms with E-state index in [0.29, 0.717) is 36.6 Å². The van der Waals surface area contributed by atoms with Gasteiger partial charge in [0, 0.05) is 49.3 Å². The first-order chi connectivity index (χ1) is 23.9. The van der Waals surface area contributed by atoms with Crippen LogP contribution in [0.4, 0.5) is 0 Å². The Morgan fingerprint density at radius 1 is 0.837 bits per heavy atom. The molecule has 2 heterocycles. The third-order valence-corrected chi connectivity index (χ3v) is 9.64. The molecule has 10 nitrogen and oxygen atoms in total. The Labute approximate surface area is 291 Å². The molecule has 49 heavy (non-hydrogen) atoms. The number of pyridine rings is 1. The molecule has 4 N–H and O–H groups in total. The maximum absolute atomic E-state index is 12.5. The summed E-state index contributed by atoms with van der Waals surface area (Å²) in [5.74, 6) is 0.174. The Balaban J connectivity index is 1.22. The van der Waals surface area contributed by atoms with Crippen LogP contribution in [0.3, 0.4) is 0 Å². The van der Waals surface area contributed by atoms with Crippen LogP contribution in [0.2, 0.25) is 0 Å². The molecule has 0 bridgehead atoms. The molecule has 1 aliphatic heterocycles. The summed E-state index contributed by atoms with van der Waals surface area (Å²) in [6.07, 6.45) is 4.85. The van der Waals surface area contributed by atoms with Crippen molar-refractivity contribution in [3.8, 4) is 11.1 Å². The number of nitrogens with one attached hydrogen (secondary N) is 2. The molecule has 1 fully saturated rings. The number of aliphatic hydroxyl groups is 1. The second kappa shape index (κ2) is 18.5. The topological polar surface area (TPSA) is 144 Å². The highest BCUT2D eigenvalue weighted by atomic mass is 32.2. The normalized spacial score (nSPS) is 17.4.